The van der Waals surface area contributed by atoms with Crippen molar-refractivity contribution in [2.45, 2.75) is 32.4 Å². The van der Waals surface area contributed by atoms with Crippen molar-refractivity contribution in [2.75, 3.05) is 11.3 Å². The lowest BCUT2D eigenvalue weighted by Gasteiger charge is -2.37. The molecular weight excluding hydrogens is 284 g/mol. The third-order valence-corrected chi connectivity index (χ3v) is 4.95. The lowest BCUT2D eigenvalue weighted by Crippen LogP contribution is -2.50. The van der Waals surface area contributed by atoms with Crippen molar-refractivity contribution in [1.82, 2.24) is 4.90 Å². The number of carbonyl (C=O) groups is 1. The van der Waals surface area contributed by atoms with Crippen LogP contribution >= 0.6 is 11.6 Å². The second kappa shape index (κ2) is 5.72. The normalized spacial score (nSPS) is 29.7. The van der Waals surface area contributed by atoms with Crippen LogP contribution in [-0.2, 0) is 4.79 Å². The molecule has 0 radical (unpaired) electrons. The summed E-state index contributed by atoms with van der Waals surface area (Å²) in [6.07, 6.45) is 5.62. The third kappa shape index (κ3) is 2.67. The number of aryl methyl sites for hydroxylation is 1. The van der Waals surface area contributed by atoms with E-state index in [2.05, 4.69) is 48.7 Å². The van der Waals surface area contributed by atoms with Crippen LogP contribution in [0.25, 0.3) is 0 Å². The van der Waals surface area contributed by atoms with Crippen LogP contribution in [0.1, 0.15) is 18.9 Å². The number of hydrogen-bond donors (Lipinski definition) is 1. The van der Waals surface area contributed by atoms with Gasteiger partial charge in [0.2, 0.25) is 5.91 Å². The fraction of sp³-hybridized carbons (Fsp3) is 0.471. The van der Waals surface area contributed by atoms with Gasteiger partial charge in [0.25, 0.3) is 0 Å². The largest absolute Gasteiger partial charge is 0.380 e. The number of nitrogens with zero attached hydrogens (tertiary/aromatic N) is 1. The Balaban J connectivity index is 1.83. The van der Waals surface area contributed by atoms with Gasteiger partial charge < -0.3 is 10.2 Å². The van der Waals surface area contributed by atoms with Crippen molar-refractivity contribution < 1.29 is 4.79 Å². The molecule has 0 unspecified atom stereocenters. The highest BCUT2D eigenvalue weighted by Crippen LogP contribution is 2.43. The van der Waals surface area contributed by atoms with E-state index in [1.165, 1.54) is 5.56 Å². The molecular formula is C17H21ClN2O. The summed E-state index contributed by atoms with van der Waals surface area (Å²) in [5.41, 5.74) is 2.35. The average molecular weight is 305 g/mol. The Morgan fingerprint density at radius 2 is 1.95 bits per heavy atom. The van der Waals surface area contributed by atoms with Gasteiger partial charge in [0.15, 0.2) is 0 Å². The van der Waals surface area contributed by atoms with Gasteiger partial charge in [-0.2, -0.15) is 0 Å². The van der Waals surface area contributed by atoms with Gasteiger partial charge in [-0.3, -0.25) is 4.79 Å². The number of rotatable bonds is 4. The Morgan fingerprint density at radius 1 is 1.29 bits per heavy atom. The summed E-state index contributed by atoms with van der Waals surface area (Å²) in [6.45, 7) is 3.68. The van der Waals surface area contributed by atoms with E-state index in [0.29, 0.717) is 11.8 Å². The van der Waals surface area contributed by atoms with Gasteiger partial charge in [-0.05, 0) is 37.3 Å². The standard InChI is InChI=1S/C17H21ClN2O/c1-11-3-7-15(8-4-11)19-16-13-5-6-14(9-13)17(16)20(10-18)12(2)21/h3-8,13-14,16-17,19H,9-10H2,1-2H3/t13-,14+,16-,17+/m0/s1. The summed E-state index contributed by atoms with van der Waals surface area (Å²) in [4.78, 5) is 13.7. The van der Waals surface area contributed by atoms with Crippen LogP contribution in [0.15, 0.2) is 36.4 Å². The molecule has 1 N–H and O–H groups in total. The molecule has 112 valence electrons. The maximum atomic E-state index is 11.9. The van der Waals surface area contributed by atoms with Gasteiger partial charge in [-0.25, -0.2) is 0 Å². The smallest absolute Gasteiger partial charge is 0.220 e. The van der Waals surface area contributed by atoms with E-state index < -0.39 is 0 Å². The fourth-order valence-corrected chi connectivity index (χ4v) is 3.96. The summed E-state index contributed by atoms with van der Waals surface area (Å²) in [6, 6.07) is 9.04. The minimum Gasteiger partial charge on any atom is -0.380 e. The maximum absolute atomic E-state index is 11.9. The number of anilines is 1. The van der Waals surface area contributed by atoms with Gasteiger partial charge in [0, 0.05) is 12.6 Å². The number of fused-ring (bicyclic) bond motifs is 2. The van der Waals surface area contributed by atoms with Crippen molar-refractivity contribution in [3.8, 4) is 0 Å². The van der Waals surface area contributed by atoms with Crippen molar-refractivity contribution in [3.63, 3.8) is 0 Å². The van der Waals surface area contributed by atoms with Crippen molar-refractivity contribution in [3.05, 3.63) is 42.0 Å². The van der Waals surface area contributed by atoms with Gasteiger partial charge in [0.05, 0.1) is 18.1 Å². The zero-order valence-corrected chi connectivity index (χ0v) is 13.2. The number of hydrogen-bond acceptors (Lipinski definition) is 2. The quantitative estimate of drug-likeness (QED) is 0.525. The van der Waals surface area contributed by atoms with E-state index in [0.717, 1.165) is 12.1 Å². The van der Waals surface area contributed by atoms with Crippen molar-refractivity contribution >= 4 is 23.2 Å². The highest BCUT2D eigenvalue weighted by atomic mass is 35.5. The first kappa shape index (κ1) is 14.5. The summed E-state index contributed by atoms with van der Waals surface area (Å²) < 4.78 is 0. The summed E-state index contributed by atoms with van der Waals surface area (Å²) >= 11 is 6.02. The van der Waals surface area contributed by atoms with Gasteiger partial charge in [-0.15, -0.1) is 11.6 Å². The number of alkyl halides is 1. The van der Waals surface area contributed by atoms with Gasteiger partial charge >= 0.3 is 0 Å². The maximum Gasteiger partial charge on any atom is 0.220 e. The van der Waals surface area contributed by atoms with Crippen LogP contribution in [0.2, 0.25) is 0 Å². The molecule has 0 heterocycles. The van der Waals surface area contributed by atoms with Gasteiger partial charge in [0.1, 0.15) is 0 Å². The Kier molecular flexibility index (Phi) is 3.94. The molecule has 3 nitrogen and oxygen atoms in total. The molecule has 4 atom stereocenters. The average Bonchev–Trinajstić information content (AvgIpc) is 3.04. The van der Waals surface area contributed by atoms with Crippen molar-refractivity contribution in [1.29, 1.82) is 0 Å². The van der Waals surface area contributed by atoms with Gasteiger partial charge in [-0.1, -0.05) is 29.8 Å². The number of benzene rings is 1. The van der Waals surface area contributed by atoms with E-state index >= 15 is 0 Å². The summed E-state index contributed by atoms with van der Waals surface area (Å²) in [5, 5.41) is 3.62. The molecule has 1 fully saturated rings. The number of halogens is 1. The Bertz CT molecular complexity index is 554. The highest BCUT2D eigenvalue weighted by molar-refractivity contribution is 6.18. The lowest BCUT2D eigenvalue weighted by atomic mass is 9.94. The minimum absolute atomic E-state index is 0.0478. The molecule has 3 rings (SSSR count). The topological polar surface area (TPSA) is 32.3 Å². The zero-order valence-electron chi connectivity index (χ0n) is 12.4. The molecule has 0 spiro atoms. The molecule has 2 aliphatic carbocycles. The summed E-state index contributed by atoms with van der Waals surface area (Å²) in [5.74, 6) is 0.943. The first-order valence-corrected chi connectivity index (χ1v) is 7.98. The fourth-order valence-electron chi connectivity index (χ4n) is 3.63. The monoisotopic (exact) mass is 304 g/mol. The van der Waals surface area contributed by atoms with Crippen LogP contribution in [0.4, 0.5) is 5.69 Å². The number of amides is 1. The Labute approximate surface area is 131 Å². The van der Waals surface area contributed by atoms with E-state index in [9.17, 15) is 4.79 Å². The third-order valence-electron chi connectivity index (χ3n) is 4.70. The minimum atomic E-state index is 0.0478. The molecule has 1 saturated carbocycles. The van der Waals surface area contributed by atoms with Crippen LogP contribution in [0, 0.1) is 18.8 Å². The van der Waals surface area contributed by atoms with Crippen LogP contribution in [-0.4, -0.2) is 28.9 Å². The van der Waals surface area contributed by atoms with E-state index in [1.807, 2.05) is 0 Å². The molecule has 1 aromatic carbocycles. The highest BCUT2D eigenvalue weighted by Gasteiger charge is 2.47. The molecule has 4 heteroatoms. The first-order valence-electron chi connectivity index (χ1n) is 7.45. The Hall–Kier alpha value is -1.48. The molecule has 0 aromatic heterocycles. The van der Waals surface area contributed by atoms with E-state index in [1.54, 1.807) is 11.8 Å². The second-order valence-corrected chi connectivity index (χ2v) is 6.32. The van der Waals surface area contributed by atoms with Crippen LogP contribution < -0.4 is 5.32 Å². The zero-order chi connectivity index (χ0) is 15.0. The van der Waals surface area contributed by atoms with Crippen LogP contribution in [0.3, 0.4) is 0 Å². The van der Waals surface area contributed by atoms with E-state index in [4.69, 9.17) is 11.6 Å². The molecule has 21 heavy (non-hydrogen) atoms. The SMILES string of the molecule is CC(=O)N(CCl)[C@H]1[C@@H](Nc2ccc(C)cc2)[C@H]2C=C[C@@H]1C2. The number of carbonyl (C=O) groups excluding carboxylic acids is 1. The molecule has 0 aliphatic heterocycles. The summed E-state index contributed by atoms with van der Waals surface area (Å²) in [7, 11) is 0. The Morgan fingerprint density at radius 3 is 2.57 bits per heavy atom. The number of nitrogens with one attached hydrogen (secondary N) is 1. The lowest BCUT2D eigenvalue weighted by molar-refractivity contribution is -0.130. The molecule has 1 amide bonds. The second-order valence-electron chi connectivity index (χ2n) is 6.08. The predicted molar refractivity (Wildman–Crippen MR) is 86.4 cm³/mol. The van der Waals surface area contributed by atoms with Crippen molar-refractivity contribution in [2.24, 2.45) is 11.8 Å². The molecule has 2 aliphatic rings. The van der Waals surface area contributed by atoms with E-state index in [-0.39, 0.29) is 24.0 Å². The predicted octanol–water partition coefficient (Wildman–Crippen LogP) is 3.39. The van der Waals surface area contributed by atoms with Crippen LogP contribution in [0.5, 0.6) is 0 Å². The molecule has 2 bridgehead atoms. The first-order chi connectivity index (χ1) is 10.1. The molecule has 1 aromatic rings. The molecule has 0 saturated heterocycles.